The second kappa shape index (κ2) is 15.0. The molecule has 0 aromatic rings. The highest BCUT2D eigenvalue weighted by Crippen LogP contribution is 2.15. The van der Waals surface area contributed by atoms with E-state index in [9.17, 15) is 0 Å². The number of aliphatic imine (C=N–C) groups is 1. The lowest BCUT2D eigenvalue weighted by Gasteiger charge is -2.05. The molecule has 1 unspecified atom stereocenters. The highest BCUT2D eigenvalue weighted by molar-refractivity contribution is 5.77. The van der Waals surface area contributed by atoms with Crippen molar-refractivity contribution in [2.45, 2.75) is 123 Å². The third kappa shape index (κ3) is 12.5. The van der Waals surface area contributed by atoms with Crippen LogP contribution in [0.15, 0.2) is 4.99 Å². The van der Waals surface area contributed by atoms with Gasteiger partial charge in [0.25, 0.3) is 0 Å². The van der Waals surface area contributed by atoms with Crippen LogP contribution in [0.1, 0.15) is 117 Å². The van der Waals surface area contributed by atoms with Gasteiger partial charge in [-0.3, -0.25) is 4.99 Å². The van der Waals surface area contributed by atoms with Crippen molar-refractivity contribution in [2.24, 2.45) is 4.99 Å². The van der Waals surface area contributed by atoms with Crippen LogP contribution in [-0.2, 0) is 4.74 Å². The Hall–Kier alpha value is -0.530. The van der Waals surface area contributed by atoms with Crippen LogP contribution in [0.5, 0.6) is 0 Å². The Morgan fingerprint density at radius 3 is 1.57 bits per heavy atom. The normalized spacial score (nSPS) is 17.3. The van der Waals surface area contributed by atoms with E-state index in [1.807, 2.05) is 0 Å². The van der Waals surface area contributed by atoms with Crippen LogP contribution in [0.4, 0.5) is 0 Å². The van der Waals surface area contributed by atoms with E-state index in [0.717, 1.165) is 18.9 Å². The highest BCUT2D eigenvalue weighted by atomic mass is 16.5. The fourth-order valence-electron chi connectivity index (χ4n) is 3.32. The first-order valence-corrected chi connectivity index (χ1v) is 10.5. The lowest BCUT2D eigenvalue weighted by atomic mass is 10.0. The molecule has 1 aliphatic heterocycles. The van der Waals surface area contributed by atoms with Gasteiger partial charge in [0, 0.05) is 6.42 Å². The van der Waals surface area contributed by atoms with Crippen molar-refractivity contribution in [3.05, 3.63) is 0 Å². The second-order valence-corrected chi connectivity index (χ2v) is 7.36. The van der Waals surface area contributed by atoms with Gasteiger partial charge in [0.2, 0.25) is 0 Å². The minimum atomic E-state index is 0.321. The molecule has 2 nitrogen and oxygen atoms in total. The fourth-order valence-corrected chi connectivity index (χ4v) is 3.32. The molecule has 0 aromatic heterocycles. The lowest BCUT2D eigenvalue weighted by Crippen LogP contribution is -2.07. The van der Waals surface area contributed by atoms with Crippen molar-refractivity contribution < 1.29 is 4.74 Å². The van der Waals surface area contributed by atoms with E-state index >= 15 is 0 Å². The first-order chi connectivity index (χ1) is 11.3. The first kappa shape index (κ1) is 20.5. The van der Waals surface area contributed by atoms with Gasteiger partial charge in [-0.05, 0) is 13.3 Å². The predicted octanol–water partition coefficient (Wildman–Crippen LogP) is 7.07. The van der Waals surface area contributed by atoms with Crippen molar-refractivity contribution in [3.8, 4) is 0 Å². The van der Waals surface area contributed by atoms with Gasteiger partial charge in [0.1, 0.15) is 6.10 Å². The van der Waals surface area contributed by atoms with Gasteiger partial charge < -0.3 is 4.74 Å². The fraction of sp³-hybridized carbons (Fsp3) is 0.952. The summed E-state index contributed by atoms with van der Waals surface area (Å²) in [5.41, 5.74) is 0. The molecule has 1 heterocycles. The molecule has 0 N–H and O–H groups in total. The molecule has 1 aliphatic rings. The summed E-state index contributed by atoms with van der Waals surface area (Å²) >= 11 is 0. The minimum absolute atomic E-state index is 0.321. The summed E-state index contributed by atoms with van der Waals surface area (Å²) in [5, 5.41) is 0. The molecule has 0 saturated heterocycles. The summed E-state index contributed by atoms with van der Waals surface area (Å²) in [6.07, 6.45) is 22.7. The van der Waals surface area contributed by atoms with Gasteiger partial charge in [-0.25, -0.2) is 0 Å². The molecule has 0 fully saturated rings. The van der Waals surface area contributed by atoms with Gasteiger partial charge >= 0.3 is 0 Å². The number of hydrogen-bond donors (Lipinski definition) is 0. The van der Waals surface area contributed by atoms with Crippen LogP contribution < -0.4 is 0 Å². The van der Waals surface area contributed by atoms with Crippen LogP contribution in [-0.4, -0.2) is 18.5 Å². The summed E-state index contributed by atoms with van der Waals surface area (Å²) in [6.45, 7) is 5.26. The Balaban J connectivity index is 1.69. The molecule has 23 heavy (non-hydrogen) atoms. The Morgan fingerprint density at radius 2 is 1.17 bits per heavy atom. The quantitative estimate of drug-likeness (QED) is 0.278. The van der Waals surface area contributed by atoms with E-state index in [1.54, 1.807) is 0 Å². The largest absolute Gasteiger partial charge is 0.476 e. The number of ether oxygens (including phenoxy) is 1. The maximum absolute atomic E-state index is 5.63. The molecule has 0 amide bonds. The Labute approximate surface area is 145 Å². The SMILES string of the molecule is CCCCCCCCCCCCCCCCCC1=NCC(C)O1. The summed E-state index contributed by atoms with van der Waals surface area (Å²) < 4.78 is 5.63. The average molecular weight is 324 g/mol. The van der Waals surface area contributed by atoms with E-state index in [-0.39, 0.29) is 0 Å². The smallest absolute Gasteiger partial charge is 0.183 e. The van der Waals surface area contributed by atoms with Gasteiger partial charge in [-0.15, -0.1) is 0 Å². The van der Waals surface area contributed by atoms with Crippen LogP contribution in [0.2, 0.25) is 0 Å². The zero-order valence-corrected chi connectivity index (χ0v) is 16.0. The van der Waals surface area contributed by atoms with Crippen molar-refractivity contribution in [1.82, 2.24) is 0 Å². The van der Waals surface area contributed by atoms with Crippen molar-refractivity contribution in [3.63, 3.8) is 0 Å². The third-order valence-electron chi connectivity index (χ3n) is 4.86. The highest BCUT2D eigenvalue weighted by Gasteiger charge is 2.13. The van der Waals surface area contributed by atoms with Crippen LogP contribution >= 0.6 is 0 Å². The van der Waals surface area contributed by atoms with E-state index in [1.165, 1.54) is 96.3 Å². The van der Waals surface area contributed by atoms with Crippen LogP contribution in [0.25, 0.3) is 0 Å². The summed E-state index contributed by atoms with van der Waals surface area (Å²) in [4.78, 5) is 4.41. The van der Waals surface area contributed by atoms with E-state index in [0.29, 0.717) is 6.10 Å². The van der Waals surface area contributed by atoms with E-state index in [4.69, 9.17) is 4.74 Å². The Bertz CT molecular complexity index is 288. The number of unbranched alkanes of at least 4 members (excludes halogenated alkanes) is 14. The summed E-state index contributed by atoms with van der Waals surface area (Å²) in [7, 11) is 0. The molecular formula is C21H41NO. The molecule has 0 radical (unpaired) electrons. The van der Waals surface area contributed by atoms with E-state index in [2.05, 4.69) is 18.8 Å². The minimum Gasteiger partial charge on any atom is -0.476 e. The molecule has 136 valence electrons. The molecule has 1 rings (SSSR count). The standard InChI is InChI=1S/C21H41NO/c1-3-4-5-6-7-8-9-10-11-12-13-14-15-16-17-18-21-22-19-20(2)23-21/h20H,3-19H2,1-2H3. The molecule has 1 atom stereocenters. The zero-order chi connectivity index (χ0) is 16.6. The zero-order valence-electron chi connectivity index (χ0n) is 16.0. The van der Waals surface area contributed by atoms with Gasteiger partial charge in [0.15, 0.2) is 5.90 Å². The molecular weight excluding hydrogens is 282 g/mol. The summed E-state index contributed by atoms with van der Waals surface area (Å²) in [5.74, 6) is 1.01. The van der Waals surface area contributed by atoms with Crippen molar-refractivity contribution >= 4 is 5.90 Å². The van der Waals surface area contributed by atoms with Crippen molar-refractivity contribution in [2.75, 3.05) is 6.54 Å². The van der Waals surface area contributed by atoms with Gasteiger partial charge in [-0.2, -0.15) is 0 Å². The number of hydrogen-bond acceptors (Lipinski definition) is 2. The molecule has 0 saturated carbocycles. The monoisotopic (exact) mass is 323 g/mol. The molecule has 0 bridgehead atoms. The first-order valence-electron chi connectivity index (χ1n) is 10.5. The van der Waals surface area contributed by atoms with Crippen LogP contribution in [0, 0.1) is 0 Å². The number of rotatable bonds is 16. The summed E-state index contributed by atoms with van der Waals surface area (Å²) in [6, 6.07) is 0. The van der Waals surface area contributed by atoms with E-state index < -0.39 is 0 Å². The molecule has 0 spiro atoms. The predicted molar refractivity (Wildman–Crippen MR) is 102 cm³/mol. The van der Waals surface area contributed by atoms with Gasteiger partial charge in [-0.1, -0.05) is 96.8 Å². The third-order valence-corrected chi connectivity index (χ3v) is 4.86. The lowest BCUT2D eigenvalue weighted by molar-refractivity contribution is 0.238. The molecule has 2 heteroatoms. The maximum atomic E-state index is 5.63. The molecule has 0 aromatic carbocycles. The Kier molecular flexibility index (Phi) is 13.4. The maximum Gasteiger partial charge on any atom is 0.183 e. The average Bonchev–Trinajstić information content (AvgIpc) is 2.96. The van der Waals surface area contributed by atoms with Gasteiger partial charge in [0.05, 0.1) is 6.54 Å². The molecule has 0 aliphatic carbocycles. The topological polar surface area (TPSA) is 21.6 Å². The Morgan fingerprint density at radius 1 is 0.739 bits per heavy atom. The van der Waals surface area contributed by atoms with Crippen molar-refractivity contribution in [1.29, 1.82) is 0 Å². The number of nitrogens with zero attached hydrogens (tertiary/aromatic N) is 1. The second-order valence-electron chi connectivity index (χ2n) is 7.36. The van der Waals surface area contributed by atoms with Crippen LogP contribution in [0.3, 0.4) is 0 Å².